The monoisotopic (exact) mass is 394 g/mol. The van der Waals surface area contributed by atoms with Crippen LogP contribution < -0.4 is 21.9 Å². The number of halogens is 1. The van der Waals surface area contributed by atoms with E-state index in [0.29, 0.717) is 23.6 Å². The van der Waals surface area contributed by atoms with Crippen molar-refractivity contribution in [3.8, 4) is 0 Å². The topological polar surface area (TPSA) is 110 Å². The number of benzene rings is 1. The second-order valence-corrected chi connectivity index (χ2v) is 6.36. The van der Waals surface area contributed by atoms with Crippen molar-refractivity contribution >= 4 is 29.0 Å². The van der Waals surface area contributed by atoms with E-state index in [0.717, 1.165) is 0 Å². The minimum absolute atomic E-state index is 0.0187. The van der Waals surface area contributed by atoms with Crippen LogP contribution in [0.3, 0.4) is 0 Å². The van der Waals surface area contributed by atoms with Crippen molar-refractivity contribution in [3.63, 3.8) is 0 Å². The zero-order chi connectivity index (χ0) is 20.0. The zero-order valence-electron chi connectivity index (χ0n) is 15.3. The summed E-state index contributed by atoms with van der Waals surface area (Å²) in [6.45, 7) is 2.50. The molecule has 2 aromatic rings. The van der Waals surface area contributed by atoms with Gasteiger partial charge in [0.15, 0.2) is 5.69 Å². The quantitative estimate of drug-likeness (QED) is 0.703. The Morgan fingerprint density at radius 3 is 2.67 bits per heavy atom. The van der Waals surface area contributed by atoms with Crippen LogP contribution in [0.1, 0.15) is 18.9 Å². The highest BCUT2D eigenvalue weighted by atomic mass is 35.5. The van der Waals surface area contributed by atoms with Crippen LogP contribution in [0, 0.1) is 0 Å². The lowest BCUT2D eigenvalue weighted by Crippen LogP contribution is -2.43. The largest absolute Gasteiger partial charge is 0.383 e. The number of carbonyl (C=O) groups excluding carboxylic acids is 1. The molecule has 0 bridgehead atoms. The third-order valence-electron chi connectivity index (χ3n) is 4.05. The molecule has 9 heteroatoms. The van der Waals surface area contributed by atoms with Gasteiger partial charge in [0.2, 0.25) is 5.91 Å². The molecular weight excluding hydrogens is 372 g/mol. The Morgan fingerprint density at radius 1 is 1.33 bits per heavy atom. The Bertz CT molecular complexity index is 922. The summed E-state index contributed by atoms with van der Waals surface area (Å²) in [5.74, 6) is -0.423. The number of methoxy groups -OCH3 is 1. The standard InChI is InChI=1S/C18H23ClN4O4/c1-3-8-23-16(20)15(17(25)21-18(23)26)22(9-10-27-2)14(24)11-12-6-4-5-7-13(12)19/h4-7H,3,8-11,20H2,1-2H3,(H,21,25,26). The molecule has 0 unspecified atom stereocenters. The van der Waals surface area contributed by atoms with Crippen LogP contribution in [0.2, 0.25) is 5.02 Å². The summed E-state index contributed by atoms with van der Waals surface area (Å²) >= 11 is 6.14. The number of ether oxygens (including phenoxy) is 1. The van der Waals surface area contributed by atoms with Gasteiger partial charge in [-0.3, -0.25) is 19.1 Å². The summed E-state index contributed by atoms with van der Waals surface area (Å²) in [7, 11) is 1.49. The molecule has 2 rings (SSSR count). The maximum absolute atomic E-state index is 12.9. The number of amides is 1. The second kappa shape index (κ2) is 9.38. The van der Waals surface area contributed by atoms with E-state index in [4.69, 9.17) is 22.1 Å². The first-order chi connectivity index (χ1) is 12.9. The molecule has 0 fully saturated rings. The van der Waals surface area contributed by atoms with Gasteiger partial charge in [-0.1, -0.05) is 36.7 Å². The molecule has 0 atom stereocenters. The van der Waals surface area contributed by atoms with Gasteiger partial charge in [-0.2, -0.15) is 0 Å². The molecule has 0 aliphatic rings. The van der Waals surface area contributed by atoms with Gasteiger partial charge < -0.3 is 15.4 Å². The number of nitrogens with two attached hydrogens (primary N) is 1. The van der Waals surface area contributed by atoms with Gasteiger partial charge in [-0.25, -0.2) is 4.79 Å². The van der Waals surface area contributed by atoms with Crippen LogP contribution in [0.25, 0.3) is 0 Å². The van der Waals surface area contributed by atoms with E-state index in [1.807, 2.05) is 6.92 Å². The summed E-state index contributed by atoms with van der Waals surface area (Å²) < 4.78 is 6.31. The Morgan fingerprint density at radius 2 is 2.04 bits per heavy atom. The first-order valence-corrected chi connectivity index (χ1v) is 8.93. The lowest BCUT2D eigenvalue weighted by molar-refractivity contribution is -0.118. The maximum atomic E-state index is 12.9. The van der Waals surface area contributed by atoms with Crippen LogP contribution in [0.5, 0.6) is 0 Å². The predicted octanol–water partition coefficient (Wildman–Crippen LogP) is 1.40. The van der Waals surface area contributed by atoms with Crippen molar-refractivity contribution in [1.29, 1.82) is 0 Å². The van der Waals surface area contributed by atoms with Gasteiger partial charge >= 0.3 is 5.69 Å². The Labute approximate surface area is 161 Å². The molecule has 0 saturated heterocycles. The van der Waals surface area contributed by atoms with Crippen LogP contribution >= 0.6 is 11.6 Å². The molecule has 0 spiro atoms. The number of anilines is 2. The zero-order valence-corrected chi connectivity index (χ0v) is 16.1. The fraction of sp³-hybridized carbons (Fsp3) is 0.389. The van der Waals surface area contributed by atoms with Crippen LogP contribution in [-0.2, 0) is 22.5 Å². The van der Waals surface area contributed by atoms with Crippen molar-refractivity contribution < 1.29 is 9.53 Å². The van der Waals surface area contributed by atoms with Gasteiger partial charge in [0.1, 0.15) is 5.82 Å². The number of hydrogen-bond donors (Lipinski definition) is 2. The number of aromatic amines is 1. The van der Waals surface area contributed by atoms with Crippen LogP contribution in [0.4, 0.5) is 11.5 Å². The van der Waals surface area contributed by atoms with E-state index < -0.39 is 11.2 Å². The molecule has 1 aromatic carbocycles. The van der Waals surface area contributed by atoms with Gasteiger partial charge in [0, 0.05) is 25.2 Å². The highest BCUT2D eigenvalue weighted by molar-refractivity contribution is 6.31. The first-order valence-electron chi connectivity index (χ1n) is 8.56. The second-order valence-electron chi connectivity index (χ2n) is 5.95. The van der Waals surface area contributed by atoms with Gasteiger partial charge in [0.05, 0.1) is 13.0 Å². The third kappa shape index (κ3) is 4.78. The molecule has 0 aliphatic heterocycles. The average Bonchev–Trinajstić information content (AvgIpc) is 2.63. The molecule has 0 radical (unpaired) electrons. The number of carbonyl (C=O) groups is 1. The highest BCUT2D eigenvalue weighted by Crippen LogP contribution is 2.21. The summed E-state index contributed by atoms with van der Waals surface area (Å²) in [4.78, 5) is 40.9. The van der Waals surface area contributed by atoms with E-state index in [9.17, 15) is 14.4 Å². The van der Waals surface area contributed by atoms with Crippen LogP contribution in [-0.4, -0.2) is 35.7 Å². The molecule has 146 valence electrons. The summed E-state index contributed by atoms with van der Waals surface area (Å²) in [5, 5.41) is 0.454. The maximum Gasteiger partial charge on any atom is 0.330 e. The summed E-state index contributed by atoms with van der Waals surface area (Å²) in [6, 6.07) is 6.96. The molecule has 3 N–H and O–H groups in total. The van der Waals surface area contributed by atoms with Crippen molar-refractivity contribution in [2.24, 2.45) is 0 Å². The van der Waals surface area contributed by atoms with Gasteiger partial charge in [0.25, 0.3) is 5.56 Å². The van der Waals surface area contributed by atoms with Crippen LogP contribution in [0.15, 0.2) is 33.9 Å². The first kappa shape index (κ1) is 20.7. The molecular formula is C18H23ClN4O4. The Balaban J connectivity index is 2.49. The van der Waals surface area contributed by atoms with Crippen molar-refractivity contribution in [1.82, 2.24) is 9.55 Å². The van der Waals surface area contributed by atoms with Gasteiger partial charge in [-0.15, -0.1) is 0 Å². The number of aromatic nitrogens is 2. The summed E-state index contributed by atoms with van der Waals surface area (Å²) in [6.07, 6.45) is 0.621. The van der Waals surface area contributed by atoms with E-state index in [2.05, 4.69) is 4.98 Å². The number of hydrogen-bond acceptors (Lipinski definition) is 5. The molecule has 1 amide bonds. The van der Waals surface area contributed by atoms with Crippen molar-refractivity contribution in [2.75, 3.05) is 30.9 Å². The van der Waals surface area contributed by atoms with E-state index in [-0.39, 0.29) is 37.0 Å². The van der Waals surface area contributed by atoms with Crippen molar-refractivity contribution in [3.05, 3.63) is 55.7 Å². The SMILES string of the molecule is CCCn1c(N)c(N(CCOC)C(=O)Cc2ccccc2Cl)c(=O)[nH]c1=O. The van der Waals surface area contributed by atoms with E-state index in [1.54, 1.807) is 24.3 Å². The number of nitrogen functional groups attached to an aromatic ring is 1. The molecule has 1 aromatic heterocycles. The fourth-order valence-corrected chi connectivity index (χ4v) is 2.93. The predicted molar refractivity (Wildman–Crippen MR) is 105 cm³/mol. The minimum Gasteiger partial charge on any atom is -0.383 e. The Kier molecular flexibility index (Phi) is 7.20. The summed E-state index contributed by atoms with van der Waals surface area (Å²) in [5.41, 5.74) is 5.34. The minimum atomic E-state index is -0.714. The van der Waals surface area contributed by atoms with E-state index >= 15 is 0 Å². The highest BCUT2D eigenvalue weighted by Gasteiger charge is 2.24. The third-order valence-corrected chi connectivity index (χ3v) is 4.42. The normalized spacial score (nSPS) is 10.8. The lowest BCUT2D eigenvalue weighted by Gasteiger charge is -2.24. The Hall–Kier alpha value is -2.58. The molecule has 0 saturated carbocycles. The van der Waals surface area contributed by atoms with Gasteiger partial charge in [-0.05, 0) is 18.1 Å². The number of H-pyrrole nitrogens is 1. The molecule has 0 aliphatic carbocycles. The molecule has 8 nitrogen and oxygen atoms in total. The average molecular weight is 395 g/mol. The molecule has 1 heterocycles. The van der Waals surface area contributed by atoms with Crippen molar-refractivity contribution in [2.45, 2.75) is 26.3 Å². The lowest BCUT2D eigenvalue weighted by atomic mass is 10.1. The number of nitrogens with one attached hydrogen (secondary N) is 1. The van der Waals surface area contributed by atoms with E-state index in [1.165, 1.54) is 16.6 Å². The number of rotatable bonds is 8. The fourth-order valence-electron chi connectivity index (χ4n) is 2.73. The molecule has 27 heavy (non-hydrogen) atoms. The number of nitrogens with zero attached hydrogens (tertiary/aromatic N) is 2. The smallest absolute Gasteiger partial charge is 0.330 e.